The van der Waals surface area contributed by atoms with E-state index < -0.39 is 6.04 Å². The summed E-state index contributed by atoms with van der Waals surface area (Å²) in [5, 5.41) is 17.9. The molecule has 1 aliphatic heterocycles. The third-order valence-corrected chi connectivity index (χ3v) is 6.42. The summed E-state index contributed by atoms with van der Waals surface area (Å²) in [5.74, 6) is 0.626. The van der Waals surface area contributed by atoms with Crippen molar-refractivity contribution in [1.82, 2.24) is 0 Å². The smallest absolute Gasteiger partial charge is 0.163 e. The Kier molecular flexibility index (Phi) is 5.10. The number of phenolic OH excluding ortho intramolecular Hbond substituents is 1. The van der Waals surface area contributed by atoms with Crippen LogP contribution in [-0.2, 0) is 4.79 Å². The summed E-state index contributed by atoms with van der Waals surface area (Å²) in [6.07, 6.45) is 1.16. The number of phenols is 1. The van der Waals surface area contributed by atoms with Gasteiger partial charge in [-0.25, -0.2) is 0 Å². The number of ketones is 1. The van der Waals surface area contributed by atoms with Gasteiger partial charge in [0, 0.05) is 23.3 Å². The Bertz CT molecular complexity index is 1210. The average Bonchev–Trinajstić information content (AvgIpc) is 2.96. The lowest BCUT2D eigenvalue weighted by Gasteiger charge is -2.30. The number of ether oxygens (including phenoxy) is 1. The third kappa shape index (κ3) is 3.50. The molecule has 0 bridgehead atoms. The van der Waals surface area contributed by atoms with Crippen LogP contribution in [0.25, 0.3) is 0 Å². The number of methoxy groups -OCH3 is 1. The summed E-state index contributed by atoms with van der Waals surface area (Å²) in [5.41, 5.74) is 6.37. The molecule has 3 N–H and O–H groups in total. The van der Waals surface area contributed by atoms with Crippen molar-refractivity contribution in [2.24, 2.45) is 0 Å². The predicted octanol–water partition coefficient (Wildman–Crippen LogP) is 5.69. The normalized spacial score (nSPS) is 19.9. The van der Waals surface area contributed by atoms with Gasteiger partial charge >= 0.3 is 0 Å². The van der Waals surface area contributed by atoms with Crippen molar-refractivity contribution in [1.29, 1.82) is 0 Å². The largest absolute Gasteiger partial charge is 0.504 e. The number of para-hydroxylation sites is 3. The number of carbonyl (C=O) groups excluding carboxylic acids is 1. The standard InChI is InChI=1S/C27H26N2O3/c1-16-10-12-17(13-11-16)18-14-22-25(23(30)15-18)26(19-6-5-9-24(32-2)27(19)31)29-21-8-4-3-7-20(21)28-22/h3-13,18,26,28-29,31H,14-15H2,1-2H3/t18-,26+/m1/s1. The molecule has 2 atom stereocenters. The fraction of sp³-hybridized carbons (Fsp3) is 0.222. The Morgan fingerprint density at radius 3 is 2.44 bits per heavy atom. The second kappa shape index (κ2) is 8.08. The van der Waals surface area contributed by atoms with Gasteiger partial charge in [0.2, 0.25) is 0 Å². The number of anilines is 2. The van der Waals surface area contributed by atoms with Crippen molar-refractivity contribution in [3.63, 3.8) is 0 Å². The maximum atomic E-state index is 13.6. The summed E-state index contributed by atoms with van der Waals surface area (Å²) in [6.45, 7) is 2.07. The molecule has 32 heavy (non-hydrogen) atoms. The number of hydrogen-bond donors (Lipinski definition) is 3. The number of allylic oxidation sites excluding steroid dienone is 1. The second-order valence-electron chi connectivity index (χ2n) is 8.48. The fourth-order valence-corrected chi connectivity index (χ4v) is 4.74. The van der Waals surface area contributed by atoms with Crippen LogP contribution >= 0.6 is 0 Å². The van der Waals surface area contributed by atoms with Gasteiger partial charge in [-0.2, -0.15) is 0 Å². The summed E-state index contributed by atoms with van der Waals surface area (Å²) < 4.78 is 5.33. The van der Waals surface area contributed by atoms with Gasteiger partial charge in [0.05, 0.1) is 24.5 Å². The van der Waals surface area contributed by atoms with Gasteiger partial charge in [-0.1, -0.05) is 54.1 Å². The van der Waals surface area contributed by atoms with Crippen LogP contribution in [0, 0.1) is 6.92 Å². The number of aromatic hydroxyl groups is 1. The zero-order valence-corrected chi connectivity index (χ0v) is 18.2. The lowest BCUT2D eigenvalue weighted by molar-refractivity contribution is -0.116. The van der Waals surface area contributed by atoms with Crippen molar-refractivity contribution < 1.29 is 14.6 Å². The first kappa shape index (κ1) is 20.2. The molecular formula is C27H26N2O3. The molecule has 0 radical (unpaired) electrons. The van der Waals surface area contributed by atoms with E-state index in [9.17, 15) is 9.90 Å². The van der Waals surface area contributed by atoms with E-state index in [1.807, 2.05) is 36.4 Å². The van der Waals surface area contributed by atoms with Crippen LogP contribution < -0.4 is 15.4 Å². The monoisotopic (exact) mass is 426 g/mol. The molecule has 3 aromatic carbocycles. The maximum absolute atomic E-state index is 13.6. The summed E-state index contributed by atoms with van der Waals surface area (Å²) >= 11 is 0. The average molecular weight is 427 g/mol. The maximum Gasteiger partial charge on any atom is 0.163 e. The Morgan fingerprint density at radius 1 is 0.938 bits per heavy atom. The number of hydrogen-bond acceptors (Lipinski definition) is 5. The van der Waals surface area contributed by atoms with Gasteiger partial charge < -0.3 is 20.5 Å². The molecule has 0 aromatic heterocycles. The summed E-state index contributed by atoms with van der Waals surface area (Å²) in [7, 11) is 1.53. The molecule has 2 aliphatic rings. The summed E-state index contributed by atoms with van der Waals surface area (Å²) in [4.78, 5) is 13.6. The number of aryl methyl sites for hydroxylation is 1. The minimum absolute atomic E-state index is 0.0483. The molecule has 0 unspecified atom stereocenters. The van der Waals surface area contributed by atoms with Gasteiger partial charge in [0.25, 0.3) is 0 Å². The lowest BCUT2D eigenvalue weighted by Crippen LogP contribution is -2.27. The summed E-state index contributed by atoms with van der Waals surface area (Å²) in [6, 6.07) is 21.2. The minimum atomic E-state index is -0.484. The lowest BCUT2D eigenvalue weighted by atomic mass is 9.78. The SMILES string of the molecule is COc1cccc([C@@H]2Nc3ccccc3NC3=C2C(=O)C[C@H](c2ccc(C)cc2)C3)c1O. The number of rotatable bonds is 3. The fourth-order valence-electron chi connectivity index (χ4n) is 4.74. The Hall–Kier alpha value is -3.73. The van der Waals surface area contributed by atoms with E-state index >= 15 is 0 Å². The highest BCUT2D eigenvalue weighted by atomic mass is 16.5. The van der Waals surface area contributed by atoms with Crippen molar-refractivity contribution in [3.05, 3.63) is 94.7 Å². The second-order valence-corrected chi connectivity index (χ2v) is 8.48. The number of fused-ring (bicyclic) bond motifs is 1. The van der Waals surface area contributed by atoms with Gasteiger partial charge in [-0.15, -0.1) is 0 Å². The number of carbonyl (C=O) groups is 1. The quantitative estimate of drug-likeness (QED) is 0.502. The zero-order valence-electron chi connectivity index (χ0n) is 18.2. The molecule has 0 amide bonds. The topological polar surface area (TPSA) is 70.6 Å². The van der Waals surface area contributed by atoms with Crippen molar-refractivity contribution in [3.8, 4) is 11.5 Å². The van der Waals surface area contributed by atoms with E-state index in [1.54, 1.807) is 6.07 Å². The van der Waals surface area contributed by atoms with Crippen LogP contribution in [0.5, 0.6) is 11.5 Å². The first-order valence-electron chi connectivity index (χ1n) is 10.9. The van der Waals surface area contributed by atoms with Crippen LogP contribution in [0.1, 0.15) is 41.5 Å². The van der Waals surface area contributed by atoms with E-state index in [0.717, 1.165) is 23.5 Å². The first-order valence-corrected chi connectivity index (χ1v) is 10.9. The van der Waals surface area contributed by atoms with Crippen LogP contribution in [0.15, 0.2) is 78.0 Å². The zero-order chi connectivity index (χ0) is 22.2. The number of nitrogens with one attached hydrogen (secondary N) is 2. The molecule has 0 saturated carbocycles. The van der Waals surface area contributed by atoms with Crippen LogP contribution in [0.3, 0.4) is 0 Å². The third-order valence-electron chi connectivity index (χ3n) is 6.42. The van der Waals surface area contributed by atoms with E-state index in [2.05, 4.69) is 41.8 Å². The Balaban J connectivity index is 1.63. The molecule has 0 saturated heterocycles. The molecule has 5 nitrogen and oxygen atoms in total. The van der Waals surface area contributed by atoms with Gasteiger partial charge in [0.1, 0.15) is 0 Å². The number of Topliss-reactive ketones (excluding diaryl/α,β-unsaturated/α-hetero) is 1. The van der Waals surface area contributed by atoms with Gasteiger partial charge in [-0.05, 0) is 43.0 Å². The van der Waals surface area contributed by atoms with Crippen LogP contribution in [-0.4, -0.2) is 18.0 Å². The van der Waals surface area contributed by atoms with E-state index in [1.165, 1.54) is 18.2 Å². The molecule has 0 spiro atoms. The van der Waals surface area contributed by atoms with Crippen molar-refractivity contribution >= 4 is 17.2 Å². The van der Waals surface area contributed by atoms with Gasteiger partial charge in [0.15, 0.2) is 17.3 Å². The van der Waals surface area contributed by atoms with E-state index in [4.69, 9.17) is 4.74 Å². The predicted molar refractivity (Wildman–Crippen MR) is 126 cm³/mol. The highest BCUT2D eigenvalue weighted by molar-refractivity contribution is 6.01. The van der Waals surface area contributed by atoms with Crippen LogP contribution in [0.2, 0.25) is 0 Å². The highest BCUT2D eigenvalue weighted by Crippen LogP contribution is 2.46. The molecule has 3 aromatic rings. The Morgan fingerprint density at radius 2 is 1.69 bits per heavy atom. The first-order chi connectivity index (χ1) is 15.5. The minimum Gasteiger partial charge on any atom is -0.504 e. The highest BCUT2D eigenvalue weighted by Gasteiger charge is 2.37. The van der Waals surface area contributed by atoms with Crippen LogP contribution in [0.4, 0.5) is 11.4 Å². The van der Waals surface area contributed by atoms with Gasteiger partial charge in [-0.3, -0.25) is 4.79 Å². The van der Waals surface area contributed by atoms with Crippen molar-refractivity contribution in [2.75, 3.05) is 17.7 Å². The van der Waals surface area contributed by atoms with E-state index in [-0.39, 0.29) is 17.5 Å². The molecule has 5 heteroatoms. The molecule has 162 valence electrons. The van der Waals surface area contributed by atoms with E-state index in [0.29, 0.717) is 23.3 Å². The Labute approximate surface area is 187 Å². The molecular weight excluding hydrogens is 400 g/mol. The number of benzene rings is 3. The molecule has 1 aliphatic carbocycles. The molecule has 0 fully saturated rings. The molecule has 1 heterocycles. The molecule has 5 rings (SSSR count). The van der Waals surface area contributed by atoms with Crippen molar-refractivity contribution in [2.45, 2.75) is 31.7 Å².